The van der Waals surface area contributed by atoms with Gasteiger partial charge < -0.3 is 9.15 Å². The molecule has 0 bridgehead atoms. The van der Waals surface area contributed by atoms with E-state index in [-0.39, 0.29) is 4.21 Å². The van der Waals surface area contributed by atoms with Crippen LogP contribution in [0.4, 0.5) is 0 Å². The van der Waals surface area contributed by atoms with Crippen molar-refractivity contribution in [2.24, 2.45) is 0 Å². The van der Waals surface area contributed by atoms with Crippen LogP contribution in [0.3, 0.4) is 0 Å². The lowest BCUT2D eigenvalue weighted by molar-refractivity contribution is 0.105. The van der Waals surface area contributed by atoms with Gasteiger partial charge in [-0.3, -0.25) is 0 Å². The molecule has 0 saturated carbocycles. The van der Waals surface area contributed by atoms with E-state index in [9.17, 15) is 8.42 Å². The Balaban J connectivity index is 1.70. The lowest BCUT2D eigenvalue weighted by atomic mass is 10.4. The number of nitrogens with one attached hydrogen (secondary N) is 1. The topological polar surface area (TPSA) is 68.5 Å². The third-order valence-electron chi connectivity index (χ3n) is 2.47. The first-order valence-electron chi connectivity index (χ1n) is 6.03. The predicted molar refractivity (Wildman–Crippen MR) is 85.2 cm³/mol. The number of sulfonamides is 1. The van der Waals surface area contributed by atoms with Crippen LogP contribution in [0.5, 0.6) is 0 Å². The molecule has 0 aromatic carbocycles. The van der Waals surface area contributed by atoms with Crippen LogP contribution < -0.4 is 4.72 Å². The molecule has 0 aliphatic carbocycles. The van der Waals surface area contributed by atoms with Gasteiger partial charge in [0.05, 0.1) is 15.1 Å². The van der Waals surface area contributed by atoms with Crippen molar-refractivity contribution in [1.82, 2.24) is 4.72 Å². The van der Waals surface area contributed by atoms with Crippen LogP contribution in [0, 0.1) is 0 Å². The van der Waals surface area contributed by atoms with Gasteiger partial charge in [0.1, 0.15) is 16.6 Å². The first-order chi connectivity index (χ1) is 9.99. The molecule has 21 heavy (non-hydrogen) atoms. The summed E-state index contributed by atoms with van der Waals surface area (Å²) in [5.74, 6) is 0.744. The number of hydrogen-bond donors (Lipinski definition) is 1. The lowest BCUT2D eigenvalue weighted by Gasteiger charge is -2.05. The maximum Gasteiger partial charge on any atom is 0.250 e. The summed E-state index contributed by atoms with van der Waals surface area (Å²) < 4.78 is 37.7. The van der Waals surface area contributed by atoms with Gasteiger partial charge in [-0.15, -0.1) is 11.3 Å². The molecule has 0 atom stereocenters. The zero-order valence-electron chi connectivity index (χ0n) is 10.8. The second-order valence-corrected chi connectivity index (χ2v) is 8.84. The summed E-state index contributed by atoms with van der Waals surface area (Å²) in [6.07, 6.45) is 2.15. The molecule has 2 heterocycles. The van der Waals surface area contributed by atoms with Gasteiger partial charge >= 0.3 is 0 Å². The van der Waals surface area contributed by atoms with Crippen molar-refractivity contribution in [3.05, 3.63) is 39.0 Å². The zero-order valence-corrected chi connectivity index (χ0v) is 14.8. The second kappa shape index (κ2) is 7.75. The number of ether oxygens (including phenoxy) is 1. The molecule has 5 nitrogen and oxygen atoms in total. The van der Waals surface area contributed by atoms with E-state index in [0.29, 0.717) is 35.0 Å². The smallest absolute Gasteiger partial charge is 0.250 e. The SMILES string of the molecule is O=S(=O)(NCCCOCc1ccco1)c1cc(Cl)c(Br)s1. The van der Waals surface area contributed by atoms with Crippen molar-refractivity contribution in [1.29, 1.82) is 0 Å². The van der Waals surface area contributed by atoms with Crippen LogP contribution in [-0.2, 0) is 21.4 Å². The van der Waals surface area contributed by atoms with Crippen molar-refractivity contribution in [3.63, 3.8) is 0 Å². The Kier molecular flexibility index (Phi) is 6.27. The molecule has 1 N–H and O–H groups in total. The van der Waals surface area contributed by atoms with E-state index in [1.807, 2.05) is 6.07 Å². The van der Waals surface area contributed by atoms with Gasteiger partial charge in [0.2, 0.25) is 10.0 Å². The first-order valence-corrected chi connectivity index (χ1v) is 9.51. The molecule has 0 aliphatic heterocycles. The van der Waals surface area contributed by atoms with Crippen molar-refractivity contribution in [2.75, 3.05) is 13.2 Å². The largest absolute Gasteiger partial charge is 0.467 e. The van der Waals surface area contributed by atoms with Crippen molar-refractivity contribution in [2.45, 2.75) is 17.2 Å². The fourth-order valence-electron chi connectivity index (χ4n) is 1.48. The Morgan fingerprint density at radius 2 is 2.29 bits per heavy atom. The summed E-state index contributed by atoms with van der Waals surface area (Å²) in [5.41, 5.74) is 0. The van der Waals surface area contributed by atoms with Crippen molar-refractivity contribution < 1.29 is 17.6 Å². The Labute approximate surface area is 140 Å². The van der Waals surface area contributed by atoms with Crippen LogP contribution in [0.1, 0.15) is 12.2 Å². The van der Waals surface area contributed by atoms with Gasteiger partial charge in [-0.05, 0) is 40.5 Å². The Bertz CT molecular complexity index is 650. The van der Waals surface area contributed by atoms with E-state index >= 15 is 0 Å². The number of hydrogen-bond acceptors (Lipinski definition) is 5. The zero-order chi connectivity index (χ0) is 15.3. The second-order valence-electron chi connectivity index (χ2n) is 4.07. The highest BCUT2D eigenvalue weighted by atomic mass is 79.9. The Morgan fingerprint density at radius 1 is 1.48 bits per heavy atom. The highest BCUT2D eigenvalue weighted by Crippen LogP contribution is 2.34. The third kappa shape index (κ3) is 5.08. The van der Waals surface area contributed by atoms with Gasteiger partial charge in [0.25, 0.3) is 0 Å². The van der Waals surface area contributed by atoms with Crippen LogP contribution >= 0.6 is 38.9 Å². The fourth-order valence-corrected chi connectivity index (χ4v) is 5.00. The minimum atomic E-state index is -3.51. The van der Waals surface area contributed by atoms with Gasteiger partial charge in [-0.2, -0.15) is 0 Å². The standard InChI is InChI=1S/C12H13BrClNO4S2/c13-12-10(14)7-11(20-12)21(16,17)15-4-2-5-18-8-9-3-1-6-19-9/h1,3,6-7,15H,2,4-5,8H2. The summed E-state index contributed by atoms with van der Waals surface area (Å²) in [6, 6.07) is 5.03. The monoisotopic (exact) mass is 413 g/mol. The molecular weight excluding hydrogens is 402 g/mol. The maximum atomic E-state index is 12.0. The molecule has 0 unspecified atom stereocenters. The van der Waals surface area contributed by atoms with Gasteiger partial charge in [-0.25, -0.2) is 13.1 Å². The first kappa shape index (κ1) is 17.0. The minimum absolute atomic E-state index is 0.191. The van der Waals surface area contributed by atoms with Crippen LogP contribution in [-0.4, -0.2) is 21.6 Å². The van der Waals surface area contributed by atoms with Gasteiger partial charge in [-0.1, -0.05) is 11.6 Å². The van der Waals surface area contributed by atoms with E-state index in [4.69, 9.17) is 20.8 Å². The summed E-state index contributed by atoms with van der Waals surface area (Å²) in [5, 5.41) is 0.391. The molecule has 116 valence electrons. The van der Waals surface area contributed by atoms with E-state index in [1.54, 1.807) is 12.3 Å². The molecule has 0 fully saturated rings. The molecule has 0 radical (unpaired) electrons. The fraction of sp³-hybridized carbons (Fsp3) is 0.333. The molecule has 9 heteroatoms. The molecular formula is C12H13BrClNO4S2. The highest BCUT2D eigenvalue weighted by Gasteiger charge is 2.18. The minimum Gasteiger partial charge on any atom is -0.467 e. The summed E-state index contributed by atoms with van der Waals surface area (Å²) in [7, 11) is -3.51. The van der Waals surface area contributed by atoms with Gasteiger partial charge in [0.15, 0.2) is 0 Å². The molecule has 2 aromatic heterocycles. The lowest BCUT2D eigenvalue weighted by Crippen LogP contribution is -2.24. The Hall–Kier alpha value is -0.380. The molecule has 2 rings (SSSR count). The Morgan fingerprint density at radius 3 is 2.90 bits per heavy atom. The van der Waals surface area contributed by atoms with E-state index < -0.39 is 10.0 Å². The average Bonchev–Trinajstić information content (AvgIpc) is 3.05. The maximum absolute atomic E-state index is 12.0. The summed E-state index contributed by atoms with van der Waals surface area (Å²) in [6.45, 7) is 1.12. The van der Waals surface area contributed by atoms with Gasteiger partial charge in [0, 0.05) is 13.2 Å². The summed E-state index contributed by atoms with van der Waals surface area (Å²) in [4.78, 5) is 0. The van der Waals surface area contributed by atoms with Crippen LogP contribution in [0.25, 0.3) is 0 Å². The molecule has 0 amide bonds. The number of rotatable bonds is 8. The summed E-state index contributed by atoms with van der Waals surface area (Å²) >= 11 is 10.1. The molecule has 2 aromatic rings. The van der Waals surface area contributed by atoms with E-state index in [2.05, 4.69) is 20.7 Å². The van der Waals surface area contributed by atoms with Crippen LogP contribution in [0.15, 0.2) is 36.9 Å². The number of furan rings is 1. The van der Waals surface area contributed by atoms with Crippen LogP contribution in [0.2, 0.25) is 5.02 Å². The molecule has 0 saturated heterocycles. The molecule has 0 spiro atoms. The molecule has 0 aliphatic rings. The van der Waals surface area contributed by atoms with Crippen molar-refractivity contribution in [3.8, 4) is 0 Å². The van der Waals surface area contributed by atoms with Crippen molar-refractivity contribution >= 4 is 48.9 Å². The number of halogens is 2. The average molecular weight is 415 g/mol. The van der Waals surface area contributed by atoms with E-state index in [1.165, 1.54) is 6.07 Å². The van der Waals surface area contributed by atoms with E-state index in [0.717, 1.165) is 17.1 Å². The highest BCUT2D eigenvalue weighted by molar-refractivity contribution is 9.11. The predicted octanol–water partition coefficient (Wildman–Crippen LogP) is 3.64. The number of thiophene rings is 1. The third-order valence-corrected chi connectivity index (χ3v) is 6.88. The normalized spacial score (nSPS) is 11.9. The quantitative estimate of drug-likeness (QED) is 0.670.